The van der Waals surface area contributed by atoms with Crippen LogP contribution in [0.25, 0.3) is 0 Å². The minimum Gasteiger partial charge on any atom is -0.492 e. The van der Waals surface area contributed by atoms with E-state index in [-0.39, 0.29) is 4.90 Å². The van der Waals surface area contributed by atoms with Crippen LogP contribution >= 0.6 is 15.9 Å². The molecule has 6 heteroatoms. The highest BCUT2D eigenvalue weighted by Crippen LogP contribution is 2.29. The second-order valence-corrected chi connectivity index (χ2v) is 6.56. The zero-order valence-electron chi connectivity index (χ0n) is 10.8. The molecule has 0 bridgehead atoms. The van der Waals surface area contributed by atoms with Gasteiger partial charge in [-0.25, -0.2) is 8.42 Å². The zero-order chi connectivity index (χ0) is 14.6. The van der Waals surface area contributed by atoms with Gasteiger partial charge in [-0.15, -0.1) is 0 Å². The Hall–Kier alpha value is -1.53. The quantitative estimate of drug-likeness (QED) is 0.890. The third-order valence-corrected chi connectivity index (χ3v) is 4.42. The first-order valence-corrected chi connectivity index (χ1v) is 8.31. The summed E-state index contributed by atoms with van der Waals surface area (Å²) in [7, 11) is -3.69. The molecule has 0 spiro atoms. The predicted molar refractivity (Wildman–Crippen MR) is 82.6 cm³/mol. The highest BCUT2D eigenvalue weighted by atomic mass is 79.9. The Balaban J connectivity index is 2.41. The molecule has 0 saturated carbocycles. The second-order valence-electron chi connectivity index (χ2n) is 4.00. The molecule has 0 aliphatic carbocycles. The van der Waals surface area contributed by atoms with Gasteiger partial charge in [0.25, 0.3) is 10.0 Å². The van der Waals surface area contributed by atoms with E-state index in [9.17, 15) is 8.42 Å². The van der Waals surface area contributed by atoms with Crippen molar-refractivity contribution in [1.29, 1.82) is 0 Å². The molecule has 0 fully saturated rings. The van der Waals surface area contributed by atoms with Crippen molar-refractivity contribution in [2.45, 2.75) is 11.8 Å². The summed E-state index contributed by atoms with van der Waals surface area (Å²) in [4.78, 5) is 0.109. The molecule has 2 rings (SSSR count). The SMILES string of the molecule is CCOc1ccc(Br)cc1S(=O)(=O)Nc1ccccc1. The van der Waals surface area contributed by atoms with Crippen LogP contribution in [0.4, 0.5) is 5.69 Å². The van der Waals surface area contributed by atoms with Crippen LogP contribution in [-0.2, 0) is 10.0 Å². The van der Waals surface area contributed by atoms with Crippen LogP contribution in [0.1, 0.15) is 6.92 Å². The molecule has 0 aliphatic heterocycles. The van der Waals surface area contributed by atoms with E-state index in [0.29, 0.717) is 22.5 Å². The van der Waals surface area contributed by atoms with Gasteiger partial charge in [0.1, 0.15) is 10.6 Å². The van der Waals surface area contributed by atoms with Crippen LogP contribution in [0, 0.1) is 0 Å². The van der Waals surface area contributed by atoms with E-state index in [4.69, 9.17) is 4.74 Å². The average Bonchev–Trinajstić information content (AvgIpc) is 2.41. The van der Waals surface area contributed by atoms with Crippen LogP contribution in [0.15, 0.2) is 57.9 Å². The molecule has 0 unspecified atom stereocenters. The fourth-order valence-electron chi connectivity index (χ4n) is 1.68. The van der Waals surface area contributed by atoms with Gasteiger partial charge < -0.3 is 4.74 Å². The van der Waals surface area contributed by atoms with Crippen molar-refractivity contribution in [3.63, 3.8) is 0 Å². The molecule has 0 atom stereocenters. The fourth-order valence-corrected chi connectivity index (χ4v) is 3.43. The number of hydrogen-bond donors (Lipinski definition) is 1. The third-order valence-electron chi connectivity index (χ3n) is 2.52. The number of benzene rings is 2. The lowest BCUT2D eigenvalue weighted by atomic mass is 10.3. The van der Waals surface area contributed by atoms with E-state index < -0.39 is 10.0 Å². The predicted octanol–water partition coefficient (Wildman–Crippen LogP) is 3.65. The highest BCUT2D eigenvalue weighted by molar-refractivity contribution is 9.10. The molecular formula is C14H14BrNO3S. The highest BCUT2D eigenvalue weighted by Gasteiger charge is 2.20. The van der Waals surface area contributed by atoms with Gasteiger partial charge in [0.05, 0.1) is 6.61 Å². The summed E-state index contributed by atoms with van der Waals surface area (Å²) in [5, 5.41) is 0. The van der Waals surface area contributed by atoms with Crippen LogP contribution < -0.4 is 9.46 Å². The maximum Gasteiger partial charge on any atom is 0.265 e. The van der Waals surface area contributed by atoms with Gasteiger partial charge in [0.15, 0.2) is 0 Å². The van der Waals surface area contributed by atoms with Crippen molar-refractivity contribution in [2.75, 3.05) is 11.3 Å². The molecule has 1 N–H and O–H groups in total. The molecule has 20 heavy (non-hydrogen) atoms. The maximum absolute atomic E-state index is 12.4. The lowest BCUT2D eigenvalue weighted by Gasteiger charge is -2.13. The van der Waals surface area contributed by atoms with Crippen LogP contribution in [0.2, 0.25) is 0 Å². The monoisotopic (exact) mass is 355 g/mol. The van der Waals surface area contributed by atoms with Gasteiger partial charge in [0, 0.05) is 10.2 Å². The number of halogens is 1. The minimum absolute atomic E-state index is 0.109. The lowest BCUT2D eigenvalue weighted by Crippen LogP contribution is -2.14. The van der Waals surface area contributed by atoms with Crippen molar-refractivity contribution in [2.24, 2.45) is 0 Å². The van der Waals surface area contributed by atoms with E-state index in [0.717, 1.165) is 0 Å². The summed E-state index contributed by atoms with van der Waals surface area (Å²) >= 11 is 3.28. The fraction of sp³-hybridized carbons (Fsp3) is 0.143. The number of anilines is 1. The molecule has 0 aliphatic rings. The summed E-state index contributed by atoms with van der Waals surface area (Å²) in [5.74, 6) is 0.333. The smallest absolute Gasteiger partial charge is 0.265 e. The third kappa shape index (κ3) is 3.52. The molecule has 0 amide bonds. The first kappa shape index (κ1) is 14.9. The van der Waals surface area contributed by atoms with Gasteiger partial charge >= 0.3 is 0 Å². The number of sulfonamides is 1. The summed E-state index contributed by atoms with van der Waals surface area (Å²) in [6, 6.07) is 13.6. The lowest BCUT2D eigenvalue weighted by molar-refractivity contribution is 0.331. The first-order valence-electron chi connectivity index (χ1n) is 6.03. The summed E-state index contributed by atoms with van der Waals surface area (Å²) in [5.41, 5.74) is 0.509. The van der Waals surface area contributed by atoms with Crippen LogP contribution in [0.5, 0.6) is 5.75 Å². The number of para-hydroxylation sites is 1. The van der Waals surface area contributed by atoms with Gasteiger partial charge in [-0.1, -0.05) is 34.1 Å². The topological polar surface area (TPSA) is 55.4 Å². The van der Waals surface area contributed by atoms with Gasteiger partial charge in [-0.05, 0) is 37.3 Å². The molecule has 0 saturated heterocycles. The molecule has 2 aromatic carbocycles. The number of rotatable bonds is 5. The molecule has 106 valence electrons. The van der Waals surface area contributed by atoms with E-state index in [1.54, 1.807) is 36.4 Å². The van der Waals surface area contributed by atoms with Crippen LogP contribution in [0.3, 0.4) is 0 Å². The van der Waals surface area contributed by atoms with E-state index in [1.807, 2.05) is 13.0 Å². The molecule has 0 heterocycles. The normalized spacial score (nSPS) is 11.1. The Labute approximate surface area is 127 Å². The maximum atomic E-state index is 12.4. The van der Waals surface area contributed by atoms with Crippen molar-refractivity contribution in [1.82, 2.24) is 0 Å². The number of hydrogen-bond acceptors (Lipinski definition) is 3. The number of nitrogens with one attached hydrogen (secondary N) is 1. The molecular weight excluding hydrogens is 342 g/mol. The standard InChI is InChI=1S/C14H14BrNO3S/c1-2-19-13-9-8-11(15)10-14(13)20(17,18)16-12-6-4-3-5-7-12/h3-10,16H,2H2,1H3. The first-order chi connectivity index (χ1) is 9.53. The van der Waals surface area contributed by atoms with Crippen molar-refractivity contribution < 1.29 is 13.2 Å². The Morgan fingerprint density at radius 1 is 1.15 bits per heavy atom. The van der Waals surface area contributed by atoms with Gasteiger partial charge in [-0.2, -0.15) is 0 Å². The Morgan fingerprint density at radius 2 is 1.85 bits per heavy atom. The summed E-state index contributed by atoms with van der Waals surface area (Å²) < 4.78 is 33.5. The van der Waals surface area contributed by atoms with E-state index >= 15 is 0 Å². The average molecular weight is 356 g/mol. The Bertz CT molecular complexity index is 687. The molecule has 0 aromatic heterocycles. The summed E-state index contributed by atoms with van der Waals surface area (Å²) in [6.45, 7) is 2.21. The summed E-state index contributed by atoms with van der Waals surface area (Å²) in [6.07, 6.45) is 0. The Kier molecular flexibility index (Phi) is 4.67. The van der Waals surface area contributed by atoms with Crippen molar-refractivity contribution in [3.05, 3.63) is 53.0 Å². The minimum atomic E-state index is -3.69. The van der Waals surface area contributed by atoms with Gasteiger partial charge in [0.2, 0.25) is 0 Å². The van der Waals surface area contributed by atoms with Crippen LogP contribution in [-0.4, -0.2) is 15.0 Å². The zero-order valence-corrected chi connectivity index (χ0v) is 13.2. The Morgan fingerprint density at radius 3 is 2.50 bits per heavy atom. The van der Waals surface area contributed by atoms with Gasteiger partial charge in [-0.3, -0.25) is 4.72 Å². The number of ether oxygens (including phenoxy) is 1. The second kappa shape index (κ2) is 6.28. The molecule has 0 radical (unpaired) electrons. The van der Waals surface area contributed by atoms with Crippen molar-refractivity contribution in [3.8, 4) is 5.75 Å². The van der Waals surface area contributed by atoms with E-state index in [2.05, 4.69) is 20.7 Å². The van der Waals surface area contributed by atoms with E-state index in [1.165, 1.54) is 6.07 Å². The molecule has 4 nitrogen and oxygen atoms in total. The largest absolute Gasteiger partial charge is 0.492 e. The van der Waals surface area contributed by atoms with Crippen molar-refractivity contribution >= 4 is 31.6 Å². The molecule has 2 aromatic rings.